The van der Waals surface area contributed by atoms with Crippen LogP contribution in [0.4, 0.5) is 0 Å². The van der Waals surface area contributed by atoms with Crippen molar-refractivity contribution in [1.82, 2.24) is 0 Å². The summed E-state index contributed by atoms with van der Waals surface area (Å²) in [6, 6.07) is 1.74. The lowest BCUT2D eigenvalue weighted by Crippen LogP contribution is -2.16. The molecular formula is C6H13ClN2. The first kappa shape index (κ1) is 11.5. The van der Waals surface area contributed by atoms with Crippen molar-refractivity contribution in [3.8, 4) is 6.07 Å². The maximum atomic E-state index is 8.19. The smallest absolute Gasteiger partial charge is 0.0928 e. The zero-order valence-corrected chi connectivity index (χ0v) is 6.45. The average molecular weight is 149 g/mol. The SMILES string of the molecule is CCCCC(N)C#N.Cl. The number of halogens is 1. The molecule has 0 fully saturated rings. The fourth-order valence-corrected chi connectivity index (χ4v) is 0.489. The number of rotatable bonds is 3. The highest BCUT2D eigenvalue weighted by molar-refractivity contribution is 5.85. The summed E-state index contributed by atoms with van der Waals surface area (Å²) in [5.74, 6) is 0. The molecule has 1 atom stereocenters. The molecule has 0 aromatic rings. The minimum absolute atomic E-state index is 0. The zero-order chi connectivity index (χ0) is 6.41. The van der Waals surface area contributed by atoms with E-state index in [4.69, 9.17) is 11.0 Å². The Morgan fingerprint density at radius 1 is 1.67 bits per heavy atom. The fraction of sp³-hybridized carbons (Fsp3) is 0.833. The van der Waals surface area contributed by atoms with E-state index in [-0.39, 0.29) is 18.4 Å². The maximum Gasteiger partial charge on any atom is 0.0928 e. The topological polar surface area (TPSA) is 49.8 Å². The molecule has 0 aromatic carbocycles. The first-order valence-corrected chi connectivity index (χ1v) is 2.96. The standard InChI is InChI=1S/C6H12N2.ClH/c1-2-3-4-6(8)5-7;/h6H,2-4,8H2,1H3;1H. The lowest BCUT2D eigenvalue weighted by atomic mass is 10.1. The van der Waals surface area contributed by atoms with Gasteiger partial charge in [-0.05, 0) is 6.42 Å². The van der Waals surface area contributed by atoms with Crippen molar-refractivity contribution < 1.29 is 0 Å². The van der Waals surface area contributed by atoms with E-state index < -0.39 is 0 Å². The Morgan fingerprint density at radius 2 is 2.22 bits per heavy atom. The van der Waals surface area contributed by atoms with Crippen molar-refractivity contribution in [2.75, 3.05) is 0 Å². The molecule has 0 spiro atoms. The van der Waals surface area contributed by atoms with Gasteiger partial charge < -0.3 is 5.73 Å². The van der Waals surface area contributed by atoms with Gasteiger partial charge in [0.2, 0.25) is 0 Å². The number of hydrogen-bond acceptors (Lipinski definition) is 2. The van der Waals surface area contributed by atoms with E-state index in [9.17, 15) is 0 Å². The highest BCUT2D eigenvalue weighted by Gasteiger charge is 1.95. The third kappa shape index (κ3) is 7.74. The second-order valence-corrected chi connectivity index (χ2v) is 1.88. The molecule has 0 saturated heterocycles. The van der Waals surface area contributed by atoms with Gasteiger partial charge in [-0.15, -0.1) is 12.4 Å². The molecule has 0 aliphatic rings. The second kappa shape index (κ2) is 7.74. The Kier molecular flexibility index (Phi) is 9.91. The first-order chi connectivity index (χ1) is 3.81. The number of unbranched alkanes of at least 4 members (excludes halogenated alkanes) is 1. The van der Waals surface area contributed by atoms with E-state index in [0.29, 0.717) is 0 Å². The molecule has 0 amide bonds. The summed E-state index contributed by atoms with van der Waals surface area (Å²) < 4.78 is 0. The van der Waals surface area contributed by atoms with Crippen LogP contribution in [-0.4, -0.2) is 6.04 Å². The van der Waals surface area contributed by atoms with Crippen molar-refractivity contribution in [2.24, 2.45) is 5.73 Å². The molecule has 9 heavy (non-hydrogen) atoms. The molecule has 0 saturated carbocycles. The maximum absolute atomic E-state index is 8.19. The van der Waals surface area contributed by atoms with Crippen molar-refractivity contribution in [3.63, 3.8) is 0 Å². The molecule has 2 N–H and O–H groups in total. The van der Waals surface area contributed by atoms with Gasteiger partial charge in [-0.25, -0.2) is 0 Å². The van der Waals surface area contributed by atoms with Gasteiger partial charge in [-0.1, -0.05) is 19.8 Å². The van der Waals surface area contributed by atoms with E-state index in [1.165, 1.54) is 0 Å². The van der Waals surface area contributed by atoms with Crippen molar-refractivity contribution in [3.05, 3.63) is 0 Å². The van der Waals surface area contributed by atoms with Gasteiger partial charge in [0.15, 0.2) is 0 Å². The Hall–Kier alpha value is -0.260. The zero-order valence-electron chi connectivity index (χ0n) is 5.63. The van der Waals surface area contributed by atoms with Crippen molar-refractivity contribution in [2.45, 2.75) is 32.2 Å². The summed E-state index contributed by atoms with van der Waals surface area (Å²) in [5.41, 5.74) is 5.30. The highest BCUT2D eigenvalue weighted by atomic mass is 35.5. The Bertz CT molecular complexity index is 87.5. The van der Waals surface area contributed by atoms with Gasteiger partial charge in [0, 0.05) is 0 Å². The first-order valence-electron chi connectivity index (χ1n) is 2.96. The van der Waals surface area contributed by atoms with Crippen LogP contribution in [0.1, 0.15) is 26.2 Å². The lowest BCUT2D eigenvalue weighted by Gasteiger charge is -1.96. The molecule has 1 unspecified atom stereocenters. The average Bonchev–Trinajstić information content (AvgIpc) is 1.83. The molecule has 54 valence electrons. The second-order valence-electron chi connectivity index (χ2n) is 1.88. The molecule has 0 rings (SSSR count). The van der Waals surface area contributed by atoms with E-state index in [1.54, 1.807) is 0 Å². The molecule has 0 aromatic heterocycles. The molecule has 0 heterocycles. The van der Waals surface area contributed by atoms with Crippen LogP contribution in [0.3, 0.4) is 0 Å². The van der Waals surface area contributed by atoms with E-state index in [1.807, 2.05) is 6.07 Å². The quantitative estimate of drug-likeness (QED) is 0.659. The monoisotopic (exact) mass is 148 g/mol. The van der Waals surface area contributed by atoms with E-state index in [2.05, 4.69) is 6.92 Å². The third-order valence-electron chi connectivity index (χ3n) is 1.03. The van der Waals surface area contributed by atoms with Crippen LogP contribution in [0.15, 0.2) is 0 Å². The van der Waals surface area contributed by atoms with Gasteiger partial charge in [0.25, 0.3) is 0 Å². The number of nitrogens with two attached hydrogens (primary N) is 1. The summed E-state index contributed by atoms with van der Waals surface area (Å²) in [6.07, 6.45) is 3.02. The summed E-state index contributed by atoms with van der Waals surface area (Å²) in [4.78, 5) is 0. The molecule has 0 aliphatic carbocycles. The number of nitriles is 1. The number of hydrogen-bond donors (Lipinski definition) is 1. The van der Waals surface area contributed by atoms with Crippen molar-refractivity contribution in [1.29, 1.82) is 5.26 Å². The predicted molar refractivity (Wildman–Crippen MR) is 40.4 cm³/mol. The van der Waals surface area contributed by atoms with Crippen LogP contribution in [0.25, 0.3) is 0 Å². The minimum atomic E-state index is -0.241. The van der Waals surface area contributed by atoms with Crippen LogP contribution in [0.2, 0.25) is 0 Å². The van der Waals surface area contributed by atoms with E-state index in [0.717, 1.165) is 19.3 Å². The third-order valence-corrected chi connectivity index (χ3v) is 1.03. The van der Waals surface area contributed by atoms with Crippen LogP contribution >= 0.6 is 12.4 Å². The van der Waals surface area contributed by atoms with Gasteiger partial charge >= 0.3 is 0 Å². The summed E-state index contributed by atoms with van der Waals surface area (Å²) in [5, 5.41) is 8.19. The van der Waals surface area contributed by atoms with Gasteiger partial charge in [-0.3, -0.25) is 0 Å². The number of nitrogens with zero attached hydrogens (tertiary/aromatic N) is 1. The minimum Gasteiger partial charge on any atom is -0.316 e. The van der Waals surface area contributed by atoms with Crippen LogP contribution in [0, 0.1) is 11.3 Å². The van der Waals surface area contributed by atoms with Crippen LogP contribution < -0.4 is 5.73 Å². The summed E-state index contributed by atoms with van der Waals surface area (Å²) in [7, 11) is 0. The molecule has 0 radical (unpaired) electrons. The van der Waals surface area contributed by atoms with Gasteiger partial charge in [0.05, 0.1) is 12.1 Å². The van der Waals surface area contributed by atoms with Crippen LogP contribution in [-0.2, 0) is 0 Å². The molecule has 0 aliphatic heterocycles. The molecule has 2 nitrogen and oxygen atoms in total. The molecular weight excluding hydrogens is 136 g/mol. The summed E-state index contributed by atoms with van der Waals surface area (Å²) >= 11 is 0. The van der Waals surface area contributed by atoms with Crippen LogP contribution in [0.5, 0.6) is 0 Å². The van der Waals surface area contributed by atoms with Crippen molar-refractivity contribution >= 4 is 12.4 Å². The molecule has 0 bridgehead atoms. The Labute approximate surface area is 62.4 Å². The highest BCUT2D eigenvalue weighted by Crippen LogP contribution is 1.95. The Balaban J connectivity index is 0. The fourth-order valence-electron chi connectivity index (χ4n) is 0.489. The lowest BCUT2D eigenvalue weighted by molar-refractivity contribution is 0.662. The van der Waals surface area contributed by atoms with Gasteiger partial charge in [-0.2, -0.15) is 5.26 Å². The van der Waals surface area contributed by atoms with Gasteiger partial charge in [0.1, 0.15) is 0 Å². The predicted octanol–water partition coefficient (Wildman–Crippen LogP) is 1.45. The Morgan fingerprint density at radius 3 is 2.56 bits per heavy atom. The summed E-state index contributed by atoms with van der Waals surface area (Å²) in [6.45, 7) is 2.09. The molecule has 3 heteroatoms. The largest absolute Gasteiger partial charge is 0.316 e. The normalized spacial score (nSPS) is 11.2. The van der Waals surface area contributed by atoms with E-state index >= 15 is 0 Å².